The highest BCUT2D eigenvalue weighted by atomic mass is 15.3. The van der Waals surface area contributed by atoms with Gasteiger partial charge in [0.2, 0.25) is 5.95 Å². The molecule has 0 aliphatic heterocycles. The van der Waals surface area contributed by atoms with Crippen LogP contribution in [0.15, 0.2) is 24.4 Å². The molecule has 0 saturated heterocycles. The quantitative estimate of drug-likeness (QED) is 0.802. The lowest BCUT2D eigenvalue weighted by Crippen LogP contribution is -2.27. The summed E-state index contributed by atoms with van der Waals surface area (Å²) in [5.74, 6) is 2.08. The minimum Gasteiger partial charge on any atom is -0.348 e. The summed E-state index contributed by atoms with van der Waals surface area (Å²) in [6.07, 6.45) is 1.66. The van der Waals surface area contributed by atoms with E-state index < -0.39 is 0 Å². The van der Waals surface area contributed by atoms with Crippen LogP contribution in [0.5, 0.6) is 0 Å². The van der Waals surface area contributed by atoms with E-state index in [0.717, 1.165) is 5.69 Å². The molecular weight excluding hydrogens is 298 g/mol. The monoisotopic (exact) mass is 327 g/mol. The van der Waals surface area contributed by atoms with E-state index in [1.807, 2.05) is 0 Å². The van der Waals surface area contributed by atoms with Crippen molar-refractivity contribution >= 4 is 17.5 Å². The Morgan fingerprint density at radius 1 is 0.958 bits per heavy atom. The van der Waals surface area contributed by atoms with E-state index in [1.165, 1.54) is 11.1 Å². The van der Waals surface area contributed by atoms with Crippen molar-refractivity contribution in [2.24, 2.45) is 0 Å². The van der Waals surface area contributed by atoms with Gasteiger partial charge in [-0.15, -0.1) is 5.10 Å². The Balaban J connectivity index is 2.39. The number of benzene rings is 1. The van der Waals surface area contributed by atoms with Crippen LogP contribution >= 0.6 is 0 Å². The summed E-state index contributed by atoms with van der Waals surface area (Å²) < 4.78 is 0. The number of rotatable bonds is 5. The fourth-order valence-electron chi connectivity index (χ4n) is 2.58. The fraction of sp³-hybridized carbons (Fsp3) is 0.526. The first-order valence-corrected chi connectivity index (χ1v) is 8.55. The minimum atomic E-state index is -0.112. The molecule has 0 radical (unpaired) electrons. The second kappa shape index (κ2) is 7.16. The normalized spacial score (nSPS) is 11.9. The predicted octanol–water partition coefficient (Wildman–Crippen LogP) is 5.07. The number of para-hydroxylation sites is 1. The highest BCUT2D eigenvalue weighted by molar-refractivity contribution is 5.66. The molecule has 1 heterocycles. The van der Waals surface area contributed by atoms with Crippen molar-refractivity contribution in [3.05, 3.63) is 35.5 Å². The van der Waals surface area contributed by atoms with Crippen molar-refractivity contribution in [3.63, 3.8) is 0 Å². The summed E-state index contributed by atoms with van der Waals surface area (Å²) in [7, 11) is 0. The predicted molar refractivity (Wildman–Crippen MR) is 101 cm³/mol. The first-order chi connectivity index (χ1) is 11.2. The number of anilines is 3. The van der Waals surface area contributed by atoms with E-state index in [-0.39, 0.29) is 5.54 Å². The molecule has 0 unspecified atom stereocenters. The zero-order chi connectivity index (χ0) is 17.9. The van der Waals surface area contributed by atoms with Crippen molar-refractivity contribution < 1.29 is 0 Å². The van der Waals surface area contributed by atoms with Gasteiger partial charge >= 0.3 is 0 Å². The SMILES string of the molecule is CC(C)c1cccc(C(C)C)c1Nc1cnnc(NC(C)(C)C)n1. The molecule has 5 nitrogen and oxygen atoms in total. The Labute approximate surface area is 145 Å². The summed E-state index contributed by atoms with van der Waals surface area (Å²) in [5.41, 5.74) is 3.58. The molecule has 0 saturated carbocycles. The lowest BCUT2D eigenvalue weighted by molar-refractivity contribution is 0.623. The van der Waals surface area contributed by atoms with Crippen molar-refractivity contribution in [1.29, 1.82) is 0 Å². The van der Waals surface area contributed by atoms with Crippen LogP contribution in [0.4, 0.5) is 17.5 Å². The third-order valence-electron chi connectivity index (χ3n) is 3.67. The van der Waals surface area contributed by atoms with Crippen LogP contribution in [-0.2, 0) is 0 Å². The van der Waals surface area contributed by atoms with E-state index in [2.05, 4.69) is 92.5 Å². The lowest BCUT2D eigenvalue weighted by Gasteiger charge is -2.22. The van der Waals surface area contributed by atoms with Crippen molar-refractivity contribution in [3.8, 4) is 0 Å². The molecule has 2 aromatic rings. The van der Waals surface area contributed by atoms with Crippen LogP contribution in [0.3, 0.4) is 0 Å². The average Bonchev–Trinajstić information content (AvgIpc) is 2.45. The van der Waals surface area contributed by atoms with Crippen LogP contribution in [0, 0.1) is 0 Å². The van der Waals surface area contributed by atoms with Gasteiger partial charge in [0.25, 0.3) is 0 Å². The Hall–Kier alpha value is -2.17. The first-order valence-electron chi connectivity index (χ1n) is 8.55. The van der Waals surface area contributed by atoms with Gasteiger partial charge in [-0.1, -0.05) is 45.9 Å². The van der Waals surface area contributed by atoms with E-state index in [1.54, 1.807) is 6.20 Å². The molecule has 0 aliphatic carbocycles. The van der Waals surface area contributed by atoms with Crippen LogP contribution in [0.1, 0.15) is 71.4 Å². The second-order valence-corrected chi connectivity index (χ2v) is 7.79. The van der Waals surface area contributed by atoms with Crippen LogP contribution in [0.2, 0.25) is 0 Å². The van der Waals surface area contributed by atoms with Crippen LogP contribution < -0.4 is 10.6 Å². The van der Waals surface area contributed by atoms with E-state index in [0.29, 0.717) is 23.6 Å². The highest BCUT2D eigenvalue weighted by Crippen LogP contribution is 2.34. The molecule has 0 spiro atoms. The summed E-state index contributed by atoms with van der Waals surface area (Å²) in [6, 6.07) is 6.46. The maximum atomic E-state index is 4.56. The zero-order valence-electron chi connectivity index (χ0n) is 15.8. The Bertz CT molecular complexity index is 660. The van der Waals surface area contributed by atoms with Gasteiger partial charge in [-0.05, 0) is 43.7 Å². The summed E-state index contributed by atoms with van der Waals surface area (Å²) in [4.78, 5) is 4.56. The summed E-state index contributed by atoms with van der Waals surface area (Å²) >= 11 is 0. The maximum absolute atomic E-state index is 4.56. The molecule has 24 heavy (non-hydrogen) atoms. The molecule has 130 valence electrons. The molecule has 5 heteroatoms. The molecule has 0 amide bonds. The molecule has 0 bridgehead atoms. The second-order valence-electron chi connectivity index (χ2n) is 7.79. The van der Waals surface area contributed by atoms with E-state index in [4.69, 9.17) is 0 Å². The third-order valence-corrected chi connectivity index (χ3v) is 3.67. The molecule has 2 N–H and O–H groups in total. The molecule has 1 aromatic heterocycles. The maximum Gasteiger partial charge on any atom is 0.245 e. The van der Waals surface area contributed by atoms with Gasteiger partial charge in [-0.3, -0.25) is 0 Å². The molecular formula is C19H29N5. The topological polar surface area (TPSA) is 62.7 Å². The Morgan fingerprint density at radius 3 is 2.04 bits per heavy atom. The molecule has 2 rings (SSSR count). The Morgan fingerprint density at radius 2 is 1.54 bits per heavy atom. The van der Waals surface area contributed by atoms with Crippen molar-refractivity contribution in [2.75, 3.05) is 10.6 Å². The van der Waals surface area contributed by atoms with Crippen LogP contribution in [0.25, 0.3) is 0 Å². The van der Waals surface area contributed by atoms with Crippen LogP contribution in [-0.4, -0.2) is 20.7 Å². The van der Waals surface area contributed by atoms with E-state index >= 15 is 0 Å². The number of nitrogens with zero attached hydrogens (tertiary/aromatic N) is 3. The summed E-state index contributed by atoms with van der Waals surface area (Å²) in [6.45, 7) is 15.0. The van der Waals surface area contributed by atoms with Crippen molar-refractivity contribution in [2.45, 2.75) is 65.8 Å². The van der Waals surface area contributed by atoms with Gasteiger partial charge in [0.15, 0.2) is 5.82 Å². The Kier molecular flexibility index (Phi) is 5.42. The zero-order valence-corrected chi connectivity index (χ0v) is 15.8. The lowest BCUT2D eigenvalue weighted by atomic mass is 9.92. The minimum absolute atomic E-state index is 0.112. The smallest absolute Gasteiger partial charge is 0.245 e. The molecule has 0 fully saturated rings. The number of nitrogens with one attached hydrogen (secondary N) is 2. The van der Waals surface area contributed by atoms with E-state index in [9.17, 15) is 0 Å². The van der Waals surface area contributed by atoms with Gasteiger partial charge in [-0.2, -0.15) is 10.1 Å². The molecule has 0 atom stereocenters. The molecule has 0 aliphatic rings. The highest BCUT2D eigenvalue weighted by Gasteiger charge is 2.16. The third kappa shape index (κ3) is 4.66. The van der Waals surface area contributed by atoms with Gasteiger partial charge in [0.1, 0.15) is 0 Å². The number of aromatic nitrogens is 3. The summed E-state index contributed by atoms with van der Waals surface area (Å²) in [5, 5.41) is 14.9. The molecule has 1 aromatic carbocycles. The first kappa shape index (κ1) is 18.2. The van der Waals surface area contributed by atoms with Crippen molar-refractivity contribution in [1.82, 2.24) is 15.2 Å². The fourth-order valence-corrected chi connectivity index (χ4v) is 2.58. The van der Waals surface area contributed by atoms with Gasteiger partial charge in [-0.25, -0.2) is 0 Å². The average molecular weight is 327 g/mol. The number of hydrogen-bond acceptors (Lipinski definition) is 5. The largest absolute Gasteiger partial charge is 0.348 e. The standard InChI is InChI=1S/C19H29N5/c1-12(2)14-9-8-10-15(13(3)4)17(14)21-16-11-20-24-18(22-16)23-19(5,6)7/h8-13H,1-7H3,(H2,21,22,23,24). The van der Waals surface area contributed by atoms with Gasteiger partial charge in [0.05, 0.1) is 6.20 Å². The van der Waals surface area contributed by atoms with Gasteiger partial charge in [0, 0.05) is 11.2 Å². The number of hydrogen-bond donors (Lipinski definition) is 2. The van der Waals surface area contributed by atoms with Gasteiger partial charge < -0.3 is 10.6 Å².